The van der Waals surface area contributed by atoms with Crippen LogP contribution < -0.4 is 5.43 Å². The van der Waals surface area contributed by atoms with Gasteiger partial charge >= 0.3 is 0 Å². The third kappa shape index (κ3) is 5.23. The number of aromatic nitrogens is 2. The lowest BCUT2D eigenvalue weighted by molar-refractivity contribution is 0.0949. The molecule has 0 aliphatic rings. The summed E-state index contributed by atoms with van der Waals surface area (Å²) in [4.78, 5) is 12.2. The summed E-state index contributed by atoms with van der Waals surface area (Å²) in [5.41, 5.74) is 4.09. The molecule has 0 fully saturated rings. The fourth-order valence-corrected chi connectivity index (χ4v) is 3.14. The topological polar surface area (TPSA) is 59.3 Å². The quantitative estimate of drug-likeness (QED) is 0.430. The van der Waals surface area contributed by atoms with Gasteiger partial charge in [0, 0.05) is 26.8 Å². The molecule has 1 heterocycles. The standard InChI is InChI=1S/C18H12Cl4N4O/c19-13-3-1-11(15(21)7-13)9-23-24-18(27)17-5-6-26(25-17)10-12-2-4-14(20)8-16(12)22/h1-9H,10H2,(H,24,27)/b23-9+. The number of hydrogen-bond donors (Lipinski definition) is 1. The molecule has 0 aliphatic carbocycles. The molecule has 1 amide bonds. The van der Waals surface area contributed by atoms with Crippen LogP contribution >= 0.6 is 46.4 Å². The van der Waals surface area contributed by atoms with Crippen LogP contribution in [0.1, 0.15) is 21.6 Å². The Morgan fingerprint density at radius 2 is 1.74 bits per heavy atom. The van der Waals surface area contributed by atoms with Crippen LogP contribution in [0.3, 0.4) is 0 Å². The smallest absolute Gasteiger partial charge is 0.267 e. The molecule has 0 radical (unpaired) electrons. The lowest BCUT2D eigenvalue weighted by Gasteiger charge is -2.05. The van der Waals surface area contributed by atoms with E-state index in [1.165, 1.54) is 6.21 Å². The van der Waals surface area contributed by atoms with Crippen LogP contribution in [0, 0.1) is 0 Å². The predicted molar refractivity (Wildman–Crippen MR) is 109 cm³/mol. The molecule has 0 saturated heterocycles. The summed E-state index contributed by atoms with van der Waals surface area (Å²) >= 11 is 23.9. The Balaban J connectivity index is 1.63. The minimum atomic E-state index is -0.447. The first kappa shape index (κ1) is 19.7. The van der Waals surface area contributed by atoms with E-state index in [1.807, 2.05) is 6.07 Å². The molecule has 1 N–H and O–H groups in total. The third-order valence-electron chi connectivity index (χ3n) is 3.55. The van der Waals surface area contributed by atoms with Gasteiger partial charge in [-0.2, -0.15) is 10.2 Å². The van der Waals surface area contributed by atoms with Gasteiger partial charge < -0.3 is 0 Å². The number of amides is 1. The average molecular weight is 442 g/mol. The maximum absolute atomic E-state index is 12.2. The zero-order valence-corrected chi connectivity index (χ0v) is 16.7. The Hall–Kier alpha value is -2.05. The number of rotatable bonds is 5. The van der Waals surface area contributed by atoms with Crippen molar-refractivity contribution in [2.24, 2.45) is 5.10 Å². The molecular weight excluding hydrogens is 430 g/mol. The minimum absolute atomic E-state index is 0.222. The van der Waals surface area contributed by atoms with E-state index >= 15 is 0 Å². The van der Waals surface area contributed by atoms with Crippen molar-refractivity contribution >= 4 is 58.5 Å². The van der Waals surface area contributed by atoms with Gasteiger partial charge in [-0.3, -0.25) is 9.48 Å². The van der Waals surface area contributed by atoms with Gasteiger partial charge in [0.2, 0.25) is 0 Å². The number of hydrazone groups is 1. The van der Waals surface area contributed by atoms with Crippen LogP contribution in [0.2, 0.25) is 20.1 Å². The highest BCUT2D eigenvalue weighted by atomic mass is 35.5. The maximum atomic E-state index is 12.2. The van der Waals surface area contributed by atoms with Gasteiger partial charge in [0.15, 0.2) is 5.69 Å². The largest absolute Gasteiger partial charge is 0.291 e. The number of halogens is 4. The van der Waals surface area contributed by atoms with Gasteiger partial charge in [-0.15, -0.1) is 0 Å². The molecule has 0 atom stereocenters. The Bertz CT molecular complexity index is 1020. The molecule has 2 aromatic carbocycles. The van der Waals surface area contributed by atoms with Crippen molar-refractivity contribution < 1.29 is 4.79 Å². The lowest BCUT2D eigenvalue weighted by atomic mass is 10.2. The van der Waals surface area contributed by atoms with E-state index in [9.17, 15) is 4.79 Å². The molecule has 27 heavy (non-hydrogen) atoms. The van der Waals surface area contributed by atoms with Crippen molar-refractivity contribution in [3.8, 4) is 0 Å². The van der Waals surface area contributed by atoms with Crippen molar-refractivity contribution in [1.29, 1.82) is 0 Å². The normalized spacial score (nSPS) is 11.1. The van der Waals surface area contributed by atoms with Crippen molar-refractivity contribution in [2.75, 3.05) is 0 Å². The second kappa shape index (κ2) is 8.76. The molecule has 1 aromatic heterocycles. The molecule has 5 nitrogen and oxygen atoms in total. The number of nitrogens with zero attached hydrogens (tertiary/aromatic N) is 3. The second-order valence-corrected chi connectivity index (χ2v) is 7.19. The van der Waals surface area contributed by atoms with Gasteiger partial charge in [-0.25, -0.2) is 5.43 Å². The van der Waals surface area contributed by atoms with E-state index in [4.69, 9.17) is 46.4 Å². The van der Waals surface area contributed by atoms with Crippen molar-refractivity contribution in [1.82, 2.24) is 15.2 Å². The zero-order chi connectivity index (χ0) is 19.4. The molecule has 0 aliphatic heterocycles. The van der Waals surface area contributed by atoms with Gasteiger partial charge in [-0.1, -0.05) is 58.5 Å². The van der Waals surface area contributed by atoms with Crippen molar-refractivity contribution in [3.05, 3.63) is 85.6 Å². The first-order valence-electron chi connectivity index (χ1n) is 7.68. The molecule has 0 spiro atoms. The van der Waals surface area contributed by atoms with E-state index in [2.05, 4.69) is 15.6 Å². The summed E-state index contributed by atoms with van der Waals surface area (Å²) in [6.45, 7) is 0.410. The average Bonchev–Trinajstić information content (AvgIpc) is 3.08. The highest BCUT2D eigenvalue weighted by Crippen LogP contribution is 2.22. The van der Waals surface area contributed by atoms with Gasteiger partial charge in [-0.05, 0) is 35.9 Å². The van der Waals surface area contributed by atoms with E-state index in [0.717, 1.165) is 5.56 Å². The minimum Gasteiger partial charge on any atom is -0.267 e. The predicted octanol–water partition coefficient (Wildman–Crippen LogP) is 5.31. The number of nitrogens with one attached hydrogen (secondary N) is 1. The van der Waals surface area contributed by atoms with E-state index in [1.54, 1.807) is 47.3 Å². The Kier molecular flexibility index (Phi) is 6.39. The molecule has 138 valence electrons. The van der Waals surface area contributed by atoms with Gasteiger partial charge in [0.05, 0.1) is 17.8 Å². The van der Waals surface area contributed by atoms with Crippen LogP contribution in [-0.2, 0) is 6.54 Å². The maximum Gasteiger partial charge on any atom is 0.291 e. The molecule has 9 heteroatoms. The van der Waals surface area contributed by atoms with Crippen LogP contribution in [0.25, 0.3) is 0 Å². The molecule has 0 bridgehead atoms. The molecule has 0 saturated carbocycles. The molecular formula is C18H12Cl4N4O. The van der Waals surface area contributed by atoms with Crippen LogP contribution in [0.4, 0.5) is 0 Å². The number of carbonyl (C=O) groups is 1. The monoisotopic (exact) mass is 440 g/mol. The Morgan fingerprint density at radius 1 is 1.04 bits per heavy atom. The summed E-state index contributed by atoms with van der Waals surface area (Å²) < 4.78 is 1.60. The van der Waals surface area contributed by atoms with E-state index in [-0.39, 0.29) is 5.69 Å². The summed E-state index contributed by atoms with van der Waals surface area (Å²) in [5, 5.41) is 10.2. The number of carbonyl (C=O) groups excluding carboxylic acids is 1. The second-order valence-electron chi connectivity index (χ2n) is 5.50. The molecule has 3 rings (SSSR count). The van der Waals surface area contributed by atoms with Gasteiger partial charge in [0.1, 0.15) is 0 Å². The van der Waals surface area contributed by atoms with Crippen LogP contribution in [0.5, 0.6) is 0 Å². The first-order valence-corrected chi connectivity index (χ1v) is 9.19. The fourth-order valence-electron chi connectivity index (χ4n) is 2.22. The summed E-state index contributed by atoms with van der Waals surface area (Å²) in [6.07, 6.45) is 3.11. The van der Waals surface area contributed by atoms with Crippen molar-refractivity contribution in [3.63, 3.8) is 0 Å². The van der Waals surface area contributed by atoms with Crippen LogP contribution in [-0.4, -0.2) is 21.9 Å². The summed E-state index contributed by atoms with van der Waals surface area (Å²) in [5.74, 6) is -0.447. The van der Waals surface area contributed by atoms with E-state index < -0.39 is 5.91 Å². The van der Waals surface area contributed by atoms with Crippen LogP contribution in [0.15, 0.2) is 53.8 Å². The van der Waals surface area contributed by atoms with Crippen molar-refractivity contribution in [2.45, 2.75) is 6.54 Å². The summed E-state index contributed by atoms with van der Waals surface area (Å²) in [7, 11) is 0. The number of benzene rings is 2. The lowest BCUT2D eigenvalue weighted by Crippen LogP contribution is -2.18. The molecule has 3 aromatic rings. The SMILES string of the molecule is O=C(N/N=C/c1ccc(Cl)cc1Cl)c1ccn(Cc2ccc(Cl)cc2Cl)n1. The zero-order valence-electron chi connectivity index (χ0n) is 13.7. The molecule has 0 unspecified atom stereocenters. The Morgan fingerprint density at radius 3 is 2.44 bits per heavy atom. The van der Waals surface area contributed by atoms with Gasteiger partial charge in [0.25, 0.3) is 5.91 Å². The van der Waals surface area contributed by atoms with E-state index in [0.29, 0.717) is 32.2 Å². The highest BCUT2D eigenvalue weighted by molar-refractivity contribution is 6.36. The Labute approximate surface area is 175 Å². The first-order chi connectivity index (χ1) is 12.9. The fraction of sp³-hybridized carbons (Fsp3) is 0.0556. The highest BCUT2D eigenvalue weighted by Gasteiger charge is 2.10. The summed E-state index contributed by atoms with van der Waals surface area (Å²) in [6, 6.07) is 11.8. The third-order valence-corrected chi connectivity index (χ3v) is 4.70. The number of hydrogen-bond acceptors (Lipinski definition) is 3.